The van der Waals surface area contributed by atoms with E-state index in [9.17, 15) is 9.90 Å². The largest absolute Gasteiger partial charge is 0.387 e. The second-order valence-electron chi connectivity index (χ2n) is 7.09. The van der Waals surface area contributed by atoms with Gasteiger partial charge in [0, 0.05) is 33.7 Å². The number of carbonyl (C=O) groups excluding carboxylic acids is 1. The molecule has 0 bridgehead atoms. The average molecular weight is 333 g/mol. The minimum Gasteiger partial charge on any atom is -0.387 e. The molecule has 24 heavy (non-hydrogen) atoms. The molecule has 1 atom stereocenters. The first kappa shape index (κ1) is 18.9. The highest BCUT2D eigenvalue weighted by Gasteiger charge is 2.20. The van der Waals surface area contributed by atoms with Crippen LogP contribution in [-0.2, 0) is 4.79 Å². The topological polar surface area (TPSA) is 47.0 Å². The summed E-state index contributed by atoms with van der Waals surface area (Å²) in [5, 5.41) is 10.6. The van der Waals surface area contributed by atoms with E-state index in [1.807, 2.05) is 0 Å². The third-order valence-electron chi connectivity index (χ3n) is 4.76. The van der Waals surface area contributed by atoms with Gasteiger partial charge in [0.2, 0.25) is 5.91 Å². The number of hydrogen-bond acceptors (Lipinski definition) is 4. The number of nitrogens with zero attached hydrogens (tertiary/aromatic N) is 3. The number of aliphatic hydroxyl groups is 1. The Bertz CT molecular complexity index is 560. The fourth-order valence-corrected chi connectivity index (χ4v) is 3.16. The van der Waals surface area contributed by atoms with Gasteiger partial charge in [0.1, 0.15) is 0 Å². The summed E-state index contributed by atoms with van der Waals surface area (Å²) in [6.07, 6.45) is 0.570. The molecule has 1 aromatic carbocycles. The van der Waals surface area contributed by atoms with Crippen molar-refractivity contribution >= 4 is 5.91 Å². The number of aryl methyl sites for hydroxylation is 2. The highest BCUT2D eigenvalue weighted by Crippen LogP contribution is 2.20. The molecule has 0 radical (unpaired) electrons. The van der Waals surface area contributed by atoms with E-state index in [-0.39, 0.29) is 5.91 Å². The van der Waals surface area contributed by atoms with Gasteiger partial charge in [-0.05, 0) is 44.5 Å². The summed E-state index contributed by atoms with van der Waals surface area (Å²) in [5.74, 6) is 0.152. The van der Waals surface area contributed by atoms with Crippen molar-refractivity contribution < 1.29 is 9.90 Å². The third kappa shape index (κ3) is 5.30. The fourth-order valence-electron chi connectivity index (χ4n) is 3.16. The molecule has 1 fully saturated rings. The molecule has 0 saturated carbocycles. The predicted molar refractivity (Wildman–Crippen MR) is 97.1 cm³/mol. The molecule has 2 rings (SSSR count). The van der Waals surface area contributed by atoms with Crippen molar-refractivity contribution in [3.63, 3.8) is 0 Å². The summed E-state index contributed by atoms with van der Waals surface area (Å²) >= 11 is 0. The maximum absolute atomic E-state index is 11.9. The number of hydrogen-bond donors (Lipinski definition) is 1. The van der Waals surface area contributed by atoms with Crippen LogP contribution < -0.4 is 0 Å². The van der Waals surface area contributed by atoms with Crippen molar-refractivity contribution in [3.05, 3.63) is 34.9 Å². The molecule has 134 valence electrons. The number of β-amino-alcohol motifs (C(OH)–C–C–N with tert-alkyl or cyclic N) is 1. The Kier molecular flexibility index (Phi) is 6.78. The molecule has 0 aliphatic carbocycles. The first-order valence-electron chi connectivity index (χ1n) is 8.77. The van der Waals surface area contributed by atoms with Crippen molar-refractivity contribution in [3.8, 4) is 0 Å². The Morgan fingerprint density at radius 3 is 2.54 bits per heavy atom. The Hall–Kier alpha value is -1.43. The molecule has 5 nitrogen and oxygen atoms in total. The van der Waals surface area contributed by atoms with Crippen LogP contribution in [-0.4, -0.2) is 79.1 Å². The van der Waals surface area contributed by atoms with Crippen molar-refractivity contribution in [2.75, 3.05) is 53.4 Å². The van der Waals surface area contributed by atoms with Gasteiger partial charge in [0.25, 0.3) is 0 Å². The molecule has 1 aliphatic heterocycles. The first-order valence-corrected chi connectivity index (χ1v) is 8.77. The number of benzene rings is 1. The van der Waals surface area contributed by atoms with Gasteiger partial charge in [-0.3, -0.25) is 14.6 Å². The zero-order chi connectivity index (χ0) is 17.7. The minimum atomic E-state index is -0.458. The van der Waals surface area contributed by atoms with E-state index in [0.29, 0.717) is 13.1 Å². The van der Waals surface area contributed by atoms with E-state index >= 15 is 0 Å². The van der Waals surface area contributed by atoms with Gasteiger partial charge in [-0.25, -0.2) is 0 Å². The fraction of sp³-hybridized carbons (Fsp3) is 0.632. The van der Waals surface area contributed by atoms with Crippen LogP contribution in [0.2, 0.25) is 0 Å². The molecule has 0 spiro atoms. The summed E-state index contributed by atoms with van der Waals surface area (Å²) in [7, 11) is 3.60. The third-order valence-corrected chi connectivity index (χ3v) is 4.76. The smallest absolute Gasteiger partial charge is 0.236 e. The Morgan fingerprint density at radius 1 is 1.17 bits per heavy atom. The molecule has 5 heteroatoms. The van der Waals surface area contributed by atoms with Crippen LogP contribution in [0.15, 0.2) is 18.2 Å². The second kappa shape index (κ2) is 8.60. The highest BCUT2D eigenvalue weighted by atomic mass is 16.3. The van der Waals surface area contributed by atoms with Crippen LogP contribution >= 0.6 is 0 Å². The molecule has 1 aromatic rings. The van der Waals surface area contributed by atoms with Gasteiger partial charge >= 0.3 is 0 Å². The van der Waals surface area contributed by atoms with Crippen LogP contribution in [0.25, 0.3) is 0 Å². The highest BCUT2D eigenvalue weighted by molar-refractivity contribution is 5.77. The molecular formula is C19H31N3O2. The second-order valence-corrected chi connectivity index (χ2v) is 7.09. The van der Waals surface area contributed by atoms with Crippen LogP contribution in [0.5, 0.6) is 0 Å². The molecular weight excluding hydrogens is 302 g/mol. The van der Waals surface area contributed by atoms with E-state index < -0.39 is 6.10 Å². The summed E-state index contributed by atoms with van der Waals surface area (Å²) in [6, 6.07) is 6.24. The average Bonchev–Trinajstić information content (AvgIpc) is 2.75. The Balaban J connectivity index is 1.90. The van der Waals surface area contributed by atoms with E-state index in [1.54, 1.807) is 19.0 Å². The number of amides is 1. The van der Waals surface area contributed by atoms with Crippen molar-refractivity contribution in [1.29, 1.82) is 0 Å². The lowest BCUT2D eigenvalue weighted by Crippen LogP contribution is -2.39. The maximum atomic E-state index is 11.9. The van der Waals surface area contributed by atoms with E-state index in [4.69, 9.17) is 0 Å². The molecule has 0 aromatic heterocycles. The first-order chi connectivity index (χ1) is 11.4. The van der Waals surface area contributed by atoms with Crippen LogP contribution in [0.1, 0.15) is 29.2 Å². The lowest BCUT2D eigenvalue weighted by Gasteiger charge is -2.25. The number of rotatable bonds is 5. The molecule has 1 N–H and O–H groups in total. The van der Waals surface area contributed by atoms with Gasteiger partial charge in [-0.1, -0.05) is 23.8 Å². The zero-order valence-corrected chi connectivity index (χ0v) is 15.5. The lowest BCUT2D eigenvalue weighted by molar-refractivity contribution is -0.129. The van der Waals surface area contributed by atoms with Crippen LogP contribution in [0.3, 0.4) is 0 Å². The van der Waals surface area contributed by atoms with E-state index in [2.05, 4.69) is 41.8 Å². The van der Waals surface area contributed by atoms with Crippen molar-refractivity contribution in [2.24, 2.45) is 0 Å². The molecule has 1 aliphatic rings. The summed E-state index contributed by atoms with van der Waals surface area (Å²) in [4.78, 5) is 18.0. The van der Waals surface area contributed by atoms with Crippen LogP contribution in [0.4, 0.5) is 0 Å². The Morgan fingerprint density at radius 2 is 1.83 bits per heavy atom. The summed E-state index contributed by atoms with van der Waals surface area (Å²) in [5.41, 5.74) is 3.35. The normalized spacial score (nSPS) is 18.2. The number of likely N-dealkylation sites (N-methyl/N-ethyl adjacent to an activating group) is 1. The van der Waals surface area contributed by atoms with Gasteiger partial charge in [0.05, 0.1) is 12.6 Å². The quantitative estimate of drug-likeness (QED) is 0.886. The Labute approximate surface area is 145 Å². The molecule has 1 heterocycles. The molecule has 0 unspecified atom stereocenters. The van der Waals surface area contributed by atoms with E-state index in [0.717, 1.165) is 43.7 Å². The van der Waals surface area contributed by atoms with Gasteiger partial charge in [-0.15, -0.1) is 0 Å². The molecule has 1 amide bonds. The number of carbonyl (C=O) groups is 1. The summed E-state index contributed by atoms with van der Waals surface area (Å²) < 4.78 is 0. The van der Waals surface area contributed by atoms with E-state index in [1.165, 1.54) is 5.56 Å². The van der Waals surface area contributed by atoms with Gasteiger partial charge in [0.15, 0.2) is 0 Å². The van der Waals surface area contributed by atoms with Gasteiger partial charge < -0.3 is 10.0 Å². The van der Waals surface area contributed by atoms with Crippen LogP contribution in [0, 0.1) is 13.8 Å². The van der Waals surface area contributed by atoms with Gasteiger partial charge in [-0.2, -0.15) is 0 Å². The molecule has 1 saturated heterocycles. The van der Waals surface area contributed by atoms with Crippen molar-refractivity contribution in [2.45, 2.75) is 26.4 Å². The zero-order valence-electron chi connectivity index (χ0n) is 15.5. The predicted octanol–water partition coefficient (Wildman–Crippen LogP) is 1.43. The van der Waals surface area contributed by atoms with Crippen molar-refractivity contribution in [1.82, 2.24) is 14.7 Å². The maximum Gasteiger partial charge on any atom is 0.236 e. The SMILES string of the molecule is Cc1ccc(C)c([C@@H](O)CN2CCCN(CC(=O)N(C)C)CC2)c1. The standard InChI is InChI=1S/C19H31N3O2/c1-15-6-7-16(2)17(12-15)18(23)13-21-8-5-9-22(11-10-21)14-19(24)20(3)4/h6-7,12,18,23H,5,8-11,13-14H2,1-4H3/t18-/m0/s1. The monoisotopic (exact) mass is 333 g/mol. The summed E-state index contributed by atoms with van der Waals surface area (Å²) in [6.45, 7) is 8.92. The minimum absolute atomic E-state index is 0.152. The lowest BCUT2D eigenvalue weighted by atomic mass is 10.0. The number of aliphatic hydroxyl groups excluding tert-OH is 1.